The standard InChI is InChI=1S/C16H12N2O3/c19-9-14(20)11-6-7-12-13(8-11)17-15(18-16(12)21)10-4-2-1-3-5-10/h1-8,19H,9H2,(H,17,18,21). The number of rotatable bonds is 3. The van der Waals surface area contributed by atoms with E-state index < -0.39 is 12.4 Å². The Morgan fingerprint density at radius 2 is 1.90 bits per heavy atom. The SMILES string of the molecule is O=C(CO)c1ccc2c(=O)[nH]c(-c3ccccc3)nc2c1. The average molecular weight is 280 g/mol. The monoisotopic (exact) mass is 280 g/mol. The largest absolute Gasteiger partial charge is 0.388 e. The summed E-state index contributed by atoms with van der Waals surface area (Å²) in [5.41, 5.74) is 1.29. The molecule has 3 aromatic rings. The highest BCUT2D eigenvalue weighted by Crippen LogP contribution is 2.17. The maximum absolute atomic E-state index is 12.1. The van der Waals surface area contributed by atoms with Gasteiger partial charge < -0.3 is 10.1 Å². The van der Waals surface area contributed by atoms with Crippen LogP contribution >= 0.6 is 0 Å². The maximum atomic E-state index is 12.1. The summed E-state index contributed by atoms with van der Waals surface area (Å²) in [4.78, 5) is 30.7. The molecule has 3 rings (SSSR count). The van der Waals surface area contributed by atoms with Gasteiger partial charge in [-0.25, -0.2) is 4.98 Å². The Kier molecular flexibility index (Phi) is 3.33. The van der Waals surface area contributed by atoms with Crippen molar-refractivity contribution >= 4 is 16.7 Å². The first kappa shape index (κ1) is 13.2. The number of aromatic amines is 1. The molecule has 0 aliphatic heterocycles. The summed E-state index contributed by atoms with van der Waals surface area (Å²) in [6, 6.07) is 13.8. The topological polar surface area (TPSA) is 83.0 Å². The highest BCUT2D eigenvalue weighted by Gasteiger charge is 2.09. The first-order valence-electron chi connectivity index (χ1n) is 6.42. The van der Waals surface area contributed by atoms with E-state index in [4.69, 9.17) is 5.11 Å². The zero-order chi connectivity index (χ0) is 14.8. The van der Waals surface area contributed by atoms with Gasteiger partial charge in [-0.15, -0.1) is 0 Å². The second kappa shape index (κ2) is 5.30. The number of H-pyrrole nitrogens is 1. The Morgan fingerprint density at radius 1 is 1.14 bits per heavy atom. The lowest BCUT2D eigenvalue weighted by Crippen LogP contribution is -2.11. The average Bonchev–Trinajstić information content (AvgIpc) is 2.54. The molecule has 1 aromatic heterocycles. The molecule has 1 heterocycles. The van der Waals surface area contributed by atoms with Crippen molar-refractivity contribution in [2.75, 3.05) is 6.61 Å². The third-order valence-corrected chi connectivity index (χ3v) is 3.22. The number of ketones is 1. The Hall–Kier alpha value is -2.79. The molecule has 0 amide bonds. The van der Waals surface area contributed by atoms with Gasteiger partial charge in [0, 0.05) is 11.1 Å². The van der Waals surface area contributed by atoms with E-state index in [0.29, 0.717) is 22.3 Å². The van der Waals surface area contributed by atoms with Crippen LogP contribution in [-0.2, 0) is 0 Å². The number of Topliss-reactive ketones (excluding diaryl/α,β-unsaturated/α-hetero) is 1. The van der Waals surface area contributed by atoms with Gasteiger partial charge >= 0.3 is 0 Å². The molecule has 2 aromatic carbocycles. The molecule has 0 saturated heterocycles. The van der Waals surface area contributed by atoms with Crippen LogP contribution in [0.3, 0.4) is 0 Å². The maximum Gasteiger partial charge on any atom is 0.259 e. The first-order valence-corrected chi connectivity index (χ1v) is 6.42. The van der Waals surface area contributed by atoms with E-state index in [9.17, 15) is 9.59 Å². The lowest BCUT2D eigenvalue weighted by molar-refractivity contribution is 0.0904. The van der Waals surface area contributed by atoms with Gasteiger partial charge in [0.15, 0.2) is 5.78 Å². The zero-order valence-electron chi connectivity index (χ0n) is 11.0. The summed E-state index contributed by atoms with van der Waals surface area (Å²) in [5, 5.41) is 9.32. The van der Waals surface area contributed by atoms with Gasteiger partial charge in [0.2, 0.25) is 0 Å². The number of fused-ring (bicyclic) bond motifs is 1. The summed E-state index contributed by atoms with van der Waals surface area (Å²) >= 11 is 0. The van der Waals surface area contributed by atoms with Gasteiger partial charge in [-0.3, -0.25) is 9.59 Å². The van der Waals surface area contributed by atoms with Crippen LogP contribution in [0.2, 0.25) is 0 Å². The minimum Gasteiger partial charge on any atom is -0.388 e. The van der Waals surface area contributed by atoms with E-state index in [1.54, 1.807) is 6.07 Å². The quantitative estimate of drug-likeness (QED) is 0.716. The number of aliphatic hydroxyl groups excluding tert-OH is 1. The van der Waals surface area contributed by atoms with Crippen molar-refractivity contribution in [3.05, 3.63) is 64.4 Å². The third-order valence-electron chi connectivity index (χ3n) is 3.22. The molecule has 2 N–H and O–H groups in total. The van der Waals surface area contributed by atoms with Crippen molar-refractivity contribution in [3.8, 4) is 11.4 Å². The summed E-state index contributed by atoms with van der Waals surface area (Å²) in [6.45, 7) is -0.569. The highest BCUT2D eigenvalue weighted by atomic mass is 16.3. The molecule has 5 heteroatoms. The lowest BCUT2D eigenvalue weighted by Gasteiger charge is -2.04. The number of aliphatic hydroxyl groups is 1. The van der Waals surface area contributed by atoms with E-state index in [-0.39, 0.29) is 5.56 Å². The van der Waals surface area contributed by atoms with Crippen molar-refractivity contribution in [1.29, 1.82) is 0 Å². The molecule has 0 aliphatic carbocycles. The van der Waals surface area contributed by atoms with Crippen molar-refractivity contribution < 1.29 is 9.90 Å². The fourth-order valence-electron chi connectivity index (χ4n) is 2.14. The predicted octanol–water partition coefficient (Wildman–Crippen LogP) is 1.77. The first-order chi connectivity index (χ1) is 10.2. The Labute approximate surface area is 119 Å². The second-order valence-corrected chi connectivity index (χ2v) is 4.59. The normalized spacial score (nSPS) is 10.7. The minimum absolute atomic E-state index is 0.262. The summed E-state index contributed by atoms with van der Waals surface area (Å²) < 4.78 is 0. The number of carbonyl (C=O) groups is 1. The predicted molar refractivity (Wildman–Crippen MR) is 79.2 cm³/mol. The minimum atomic E-state index is -0.569. The highest BCUT2D eigenvalue weighted by molar-refractivity contribution is 5.99. The van der Waals surface area contributed by atoms with Gasteiger partial charge in [0.1, 0.15) is 12.4 Å². The van der Waals surface area contributed by atoms with Crippen molar-refractivity contribution in [3.63, 3.8) is 0 Å². The number of hydrogen-bond acceptors (Lipinski definition) is 4. The molecule has 5 nitrogen and oxygen atoms in total. The molecule has 104 valence electrons. The molecule has 0 spiro atoms. The zero-order valence-corrected chi connectivity index (χ0v) is 11.0. The Morgan fingerprint density at radius 3 is 2.62 bits per heavy atom. The van der Waals surface area contributed by atoms with E-state index in [2.05, 4.69) is 9.97 Å². The summed E-state index contributed by atoms with van der Waals surface area (Å²) in [5.74, 6) is 0.0435. The fraction of sp³-hybridized carbons (Fsp3) is 0.0625. The number of nitrogens with zero attached hydrogens (tertiary/aromatic N) is 1. The Bertz CT molecular complexity index is 870. The van der Waals surface area contributed by atoms with Crippen LogP contribution in [0.5, 0.6) is 0 Å². The number of carbonyl (C=O) groups excluding carboxylic acids is 1. The molecule has 21 heavy (non-hydrogen) atoms. The van der Waals surface area contributed by atoms with E-state index in [1.807, 2.05) is 30.3 Å². The van der Waals surface area contributed by atoms with Gasteiger partial charge in [0.05, 0.1) is 10.9 Å². The van der Waals surface area contributed by atoms with E-state index in [1.165, 1.54) is 12.1 Å². The van der Waals surface area contributed by atoms with Crippen LogP contribution in [0, 0.1) is 0 Å². The number of hydrogen-bond donors (Lipinski definition) is 2. The van der Waals surface area contributed by atoms with Gasteiger partial charge in [-0.05, 0) is 12.1 Å². The van der Waals surface area contributed by atoms with Crippen molar-refractivity contribution in [1.82, 2.24) is 9.97 Å². The van der Waals surface area contributed by atoms with E-state index in [0.717, 1.165) is 5.56 Å². The fourth-order valence-corrected chi connectivity index (χ4v) is 2.14. The number of aromatic nitrogens is 2. The van der Waals surface area contributed by atoms with Gasteiger partial charge in [-0.1, -0.05) is 36.4 Å². The summed E-state index contributed by atoms with van der Waals surface area (Å²) in [7, 11) is 0. The number of benzene rings is 2. The van der Waals surface area contributed by atoms with Gasteiger partial charge in [-0.2, -0.15) is 0 Å². The molecular formula is C16H12N2O3. The molecular weight excluding hydrogens is 268 g/mol. The summed E-state index contributed by atoms with van der Waals surface area (Å²) in [6.07, 6.45) is 0. The van der Waals surface area contributed by atoms with Crippen molar-refractivity contribution in [2.24, 2.45) is 0 Å². The Balaban J connectivity index is 2.22. The van der Waals surface area contributed by atoms with Crippen LogP contribution < -0.4 is 5.56 Å². The van der Waals surface area contributed by atoms with Crippen LogP contribution in [0.15, 0.2) is 53.3 Å². The van der Waals surface area contributed by atoms with Crippen molar-refractivity contribution in [2.45, 2.75) is 0 Å². The molecule has 0 atom stereocenters. The molecule has 0 unspecified atom stereocenters. The van der Waals surface area contributed by atoms with Crippen LogP contribution in [-0.4, -0.2) is 27.5 Å². The smallest absolute Gasteiger partial charge is 0.259 e. The molecule has 0 fully saturated rings. The lowest BCUT2D eigenvalue weighted by atomic mass is 10.1. The molecule has 0 bridgehead atoms. The van der Waals surface area contributed by atoms with Crippen LogP contribution in [0.1, 0.15) is 10.4 Å². The number of nitrogens with one attached hydrogen (secondary N) is 1. The molecule has 0 aliphatic rings. The third kappa shape index (κ3) is 2.46. The van der Waals surface area contributed by atoms with Crippen LogP contribution in [0.25, 0.3) is 22.3 Å². The second-order valence-electron chi connectivity index (χ2n) is 4.59. The van der Waals surface area contributed by atoms with Crippen LogP contribution in [0.4, 0.5) is 0 Å². The molecule has 0 saturated carbocycles. The van der Waals surface area contributed by atoms with E-state index >= 15 is 0 Å². The van der Waals surface area contributed by atoms with Gasteiger partial charge in [0.25, 0.3) is 5.56 Å². The molecule has 0 radical (unpaired) electrons.